The monoisotopic (exact) mass is 305 g/mol. The fraction of sp³-hybridized carbons (Fsp3) is 0.533. The number of nitrogens with zero attached hydrogens (tertiary/aromatic N) is 3. The summed E-state index contributed by atoms with van der Waals surface area (Å²) in [5, 5.41) is 12.1. The van der Waals surface area contributed by atoms with Crippen LogP contribution in [0.15, 0.2) is 21.2 Å². The molecule has 1 aliphatic heterocycles. The number of carbonyl (C=O) groups excluding carboxylic acids is 1. The van der Waals surface area contributed by atoms with E-state index in [2.05, 4.69) is 10.2 Å². The first-order valence-corrected chi connectivity index (χ1v) is 8.24. The van der Waals surface area contributed by atoms with Crippen molar-refractivity contribution in [3.05, 3.63) is 34.2 Å². The van der Waals surface area contributed by atoms with Gasteiger partial charge in [-0.3, -0.25) is 4.79 Å². The van der Waals surface area contributed by atoms with Crippen LogP contribution in [0.3, 0.4) is 0 Å². The van der Waals surface area contributed by atoms with Gasteiger partial charge in [0, 0.05) is 30.3 Å². The average Bonchev–Trinajstić information content (AvgIpc) is 3.18. The Labute approximate surface area is 128 Å². The highest BCUT2D eigenvalue weighted by atomic mass is 32.1. The molecule has 1 aliphatic rings. The first kappa shape index (κ1) is 14.3. The Bertz CT molecular complexity index is 598. The molecule has 0 unspecified atom stereocenters. The summed E-state index contributed by atoms with van der Waals surface area (Å²) in [6.45, 7) is 5.58. The Hall–Kier alpha value is -1.69. The number of amides is 1. The highest BCUT2D eigenvalue weighted by molar-refractivity contribution is 7.08. The smallest absolute Gasteiger partial charge is 0.254 e. The lowest BCUT2D eigenvalue weighted by atomic mass is 9.96. The minimum atomic E-state index is 0.128. The van der Waals surface area contributed by atoms with Crippen LogP contribution in [0.4, 0.5) is 0 Å². The summed E-state index contributed by atoms with van der Waals surface area (Å²) in [4.78, 5) is 14.2. The summed E-state index contributed by atoms with van der Waals surface area (Å²) in [6.07, 6.45) is 1.77. The SMILES string of the molecule is CC(C)c1nnc(C2CCN(C(=O)c3ccsc3)CC2)o1. The predicted molar refractivity (Wildman–Crippen MR) is 80.6 cm³/mol. The molecule has 1 amide bonds. The molecular formula is C15H19N3O2S. The van der Waals surface area contributed by atoms with Gasteiger partial charge in [-0.2, -0.15) is 11.3 Å². The van der Waals surface area contributed by atoms with Crippen LogP contribution in [0.5, 0.6) is 0 Å². The van der Waals surface area contributed by atoms with Crippen molar-refractivity contribution >= 4 is 17.2 Å². The number of carbonyl (C=O) groups is 1. The Morgan fingerprint density at radius 2 is 2.14 bits per heavy atom. The van der Waals surface area contributed by atoms with Crippen LogP contribution >= 0.6 is 11.3 Å². The van der Waals surface area contributed by atoms with E-state index >= 15 is 0 Å². The van der Waals surface area contributed by atoms with E-state index in [0.717, 1.165) is 37.4 Å². The second-order valence-electron chi connectivity index (χ2n) is 5.71. The molecule has 0 aliphatic carbocycles. The summed E-state index contributed by atoms with van der Waals surface area (Å²) < 4.78 is 5.73. The molecule has 2 aromatic heterocycles. The molecule has 0 atom stereocenters. The van der Waals surface area contributed by atoms with Crippen LogP contribution in [-0.2, 0) is 0 Å². The molecule has 6 heteroatoms. The molecule has 0 radical (unpaired) electrons. The van der Waals surface area contributed by atoms with Gasteiger partial charge in [-0.15, -0.1) is 10.2 Å². The summed E-state index contributed by atoms with van der Waals surface area (Å²) >= 11 is 1.55. The summed E-state index contributed by atoms with van der Waals surface area (Å²) in [7, 11) is 0. The maximum atomic E-state index is 12.3. The lowest BCUT2D eigenvalue weighted by Crippen LogP contribution is -2.37. The number of piperidine rings is 1. The van der Waals surface area contributed by atoms with Gasteiger partial charge in [0.15, 0.2) is 0 Å². The molecular weight excluding hydrogens is 286 g/mol. The van der Waals surface area contributed by atoms with E-state index in [9.17, 15) is 4.79 Å². The first-order chi connectivity index (χ1) is 10.1. The van der Waals surface area contributed by atoms with Crippen LogP contribution in [0.2, 0.25) is 0 Å². The van der Waals surface area contributed by atoms with E-state index in [1.54, 1.807) is 11.3 Å². The fourth-order valence-corrected chi connectivity index (χ4v) is 3.17. The van der Waals surface area contributed by atoms with E-state index in [-0.39, 0.29) is 17.7 Å². The topological polar surface area (TPSA) is 59.2 Å². The molecule has 112 valence electrons. The van der Waals surface area contributed by atoms with E-state index in [0.29, 0.717) is 5.89 Å². The van der Waals surface area contributed by atoms with E-state index < -0.39 is 0 Å². The standard InChI is InChI=1S/C15H19N3O2S/c1-10(2)13-16-17-14(20-13)11-3-6-18(7-4-11)15(19)12-5-8-21-9-12/h5,8-11H,3-4,6-7H2,1-2H3. The summed E-state index contributed by atoms with van der Waals surface area (Å²) in [5.41, 5.74) is 0.790. The fourth-order valence-electron chi connectivity index (χ4n) is 2.54. The van der Waals surface area contributed by atoms with Crippen LogP contribution in [0.1, 0.15) is 60.7 Å². The minimum absolute atomic E-state index is 0.128. The highest BCUT2D eigenvalue weighted by Gasteiger charge is 2.28. The second kappa shape index (κ2) is 5.97. The number of hydrogen-bond acceptors (Lipinski definition) is 5. The summed E-state index contributed by atoms with van der Waals surface area (Å²) in [5.74, 6) is 2.08. The van der Waals surface area contributed by atoms with Crippen LogP contribution in [0, 0.1) is 0 Å². The Balaban J connectivity index is 1.61. The van der Waals surface area contributed by atoms with Gasteiger partial charge in [-0.05, 0) is 24.3 Å². The van der Waals surface area contributed by atoms with E-state index in [1.807, 2.05) is 35.6 Å². The van der Waals surface area contributed by atoms with Gasteiger partial charge < -0.3 is 9.32 Å². The van der Waals surface area contributed by atoms with E-state index in [4.69, 9.17) is 4.42 Å². The van der Waals surface area contributed by atoms with Gasteiger partial charge in [0.05, 0.1) is 5.56 Å². The maximum Gasteiger partial charge on any atom is 0.254 e. The molecule has 0 bridgehead atoms. The maximum absolute atomic E-state index is 12.3. The molecule has 21 heavy (non-hydrogen) atoms. The van der Waals surface area contributed by atoms with Crippen molar-refractivity contribution in [3.63, 3.8) is 0 Å². The van der Waals surface area contributed by atoms with Gasteiger partial charge in [-0.1, -0.05) is 13.8 Å². The zero-order chi connectivity index (χ0) is 14.8. The van der Waals surface area contributed by atoms with Crippen molar-refractivity contribution in [1.82, 2.24) is 15.1 Å². The normalized spacial score (nSPS) is 16.6. The van der Waals surface area contributed by atoms with E-state index in [1.165, 1.54) is 0 Å². The van der Waals surface area contributed by atoms with Gasteiger partial charge in [-0.25, -0.2) is 0 Å². The molecule has 5 nitrogen and oxygen atoms in total. The molecule has 0 aromatic carbocycles. The molecule has 1 saturated heterocycles. The third-order valence-electron chi connectivity index (χ3n) is 3.85. The van der Waals surface area contributed by atoms with Crippen molar-refractivity contribution < 1.29 is 9.21 Å². The largest absolute Gasteiger partial charge is 0.425 e. The van der Waals surface area contributed by atoms with Gasteiger partial charge >= 0.3 is 0 Å². The van der Waals surface area contributed by atoms with Crippen molar-refractivity contribution in [2.75, 3.05) is 13.1 Å². The molecule has 0 saturated carbocycles. The third-order valence-corrected chi connectivity index (χ3v) is 4.53. The van der Waals surface area contributed by atoms with Crippen molar-refractivity contribution in [2.24, 2.45) is 0 Å². The summed E-state index contributed by atoms with van der Waals surface area (Å²) in [6, 6.07) is 1.88. The number of rotatable bonds is 3. The number of thiophene rings is 1. The zero-order valence-electron chi connectivity index (χ0n) is 12.3. The quantitative estimate of drug-likeness (QED) is 0.873. The van der Waals surface area contributed by atoms with Crippen LogP contribution in [-0.4, -0.2) is 34.1 Å². The molecule has 3 heterocycles. The lowest BCUT2D eigenvalue weighted by Gasteiger charge is -2.30. The molecule has 3 rings (SSSR count). The molecule has 0 N–H and O–H groups in total. The third kappa shape index (κ3) is 3.00. The van der Waals surface area contributed by atoms with Gasteiger partial charge in [0.25, 0.3) is 5.91 Å². The van der Waals surface area contributed by atoms with Crippen molar-refractivity contribution in [1.29, 1.82) is 0 Å². The Morgan fingerprint density at radius 3 is 2.71 bits per heavy atom. The highest BCUT2D eigenvalue weighted by Crippen LogP contribution is 2.29. The second-order valence-corrected chi connectivity index (χ2v) is 6.49. The lowest BCUT2D eigenvalue weighted by molar-refractivity contribution is 0.0706. The molecule has 1 fully saturated rings. The van der Waals surface area contributed by atoms with Gasteiger partial charge in [0.1, 0.15) is 0 Å². The van der Waals surface area contributed by atoms with Gasteiger partial charge in [0.2, 0.25) is 11.8 Å². The van der Waals surface area contributed by atoms with Crippen molar-refractivity contribution in [2.45, 2.75) is 38.5 Å². The number of likely N-dealkylation sites (tertiary alicyclic amines) is 1. The first-order valence-electron chi connectivity index (χ1n) is 7.30. The van der Waals surface area contributed by atoms with Crippen LogP contribution in [0.25, 0.3) is 0 Å². The average molecular weight is 305 g/mol. The molecule has 2 aromatic rings. The number of aromatic nitrogens is 2. The molecule has 0 spiro atoms. The van der Waals surface area contributed by atoms with Crippen LogP contribution < -0.4 is 0 Å². The number of hydrogen-bond donors (Lipinski definition) is 0. The Kier molecular flexibility index (Phi) is 4.05. The zero-order valence-corrected chi connectivity index (χ0v) is 13.1. The van der Waals surface area contributed by atoms with Crippen molar-refractivity contribution in [3.8, 4) is 0 Å². The Morgan fingerprint density at radius 1 is 1.38 bits per heavy atom. The predicted octanol–water partition coefficient (Wildman–Crippen LogP) is 3.27. The minimum Gasteiger partial charge on any atom is -0.425 e.